The third-order valence-corrected chi connectivity index (χ3v) is 5.54. The van der Waals surface area contributed by atoms with Crippen molar-refractivity contribution in [1.29, 1.82) is 0 Å². The molecule has 1 saturated heterocycles. The molecule has 3 rings (SSSR count). The number of ether oxygens (including phenoxy) is 2. The molecule has 1 heterocycles. The van der Waals surface area contributed by atoms with Gasteiger partial charge in [-0.2, -0.15) is 12.6 Å². The van der Waals surface area contributed by atoms with Crippen LogP contribution in [0.5, 0.6) is 5.75 Å². The first kappa shape index (κ1) is 21.0. The number of nitrogens with zero attached hydrogens (tertiary/aromatic N) is 1. The van der Waals surface area contributed by atoms with E-state index in [1.165, 1.54) is 26.4 Å². The minimum absolute atomic E-state index is 0.126. The molecule has 2 fully saturated rings. The van der Waals surface area contributed by atoms with E-state index in [4.69, 9.17) is 9.47 Å². The van der Waals surface area contributed by atoms with E-state index < -0.39 is 17.6 Å². The van der Waals surface area contributed by atoms with Crippen LogP contribution in [0.4, 0.5) is 4.39 Å². The Labute approximate surface area is 161 Å². The number of benzene rings is 1. The fraction of sp³-hybridized carbons (Fsp3) is 0.650. The average Bonchev–Trinajstić information content (AvgIpc) is 3.08. The molecule has 2 atom stereocenters. The van der Waals surface area contributed by atoms with Gasteiger partial charge >= 0.3 is 5.97 Å². The molecular formula is C20H30FNO3S. The highest BCUT2D eigenvalue weighted by Gasteiger charge is 2.55. The lowest BCUT2D eigenvalue weighted by molar-refractivity contribution is -0.154. The molecule has 1 aliphatic carbocycles. The molecule has 146 valence electrons. The van der Waals surface area contributed by atoms with Gasteiger partial charge in [-0.1, -0.05) is 31.4 Å². The molecule has 0 aromatic heterocycles. The van der Waals surface area contributed by atoms with E-state index in [0.717, 1.165) is 24.2 Å². The van der Waals surface area contributed by atoms with Gasteiger partial charge in [-0.25, -0.2) is 9.18 Å². The summed E-state index contributed by atoms with van der Waals surface area (Å²) in [5.74, 6) is -0.539. The van der Waals surface area contributed by atoms with E-state index in [9.17, 15) is 4.79 Å². The molecule has 1 aliphatic heterocycles. The summed E-state index contributed by atoms with van der Waals surface area (Å²) in [5, 5.41) is 0. The van der Waals surface area contributed by atoms with Crippen molar-refractivity contribution in [2.75, 3.05) is 33.6 Å². The van der Waals surface area contributed by atoms with Crippen molar-refractivity contribution < 1.29 is 18.7 Å². The maximum absolute atomic E-state index is 15.7. The molecule has 1 aromatic carbocycles. The second-order valence-electron chi connectivity index (χ2n) is 6.90. The van der Waals surface area contributed by atoms with E-state index >= 15 is 4.39 Å². The first-order valence-electron chi connectivity index (χ1n) is 9.18. The molecular weight excluding hydrogens is 353 g/mol. The summed E-state index contributed by atoms with van der Waals surface area (Å²) in [6.45, 7) is 0.684. The second-order valence-corrected chi connectivity index (χ2v) is 6.90. The predicted octanol–water partition coefficient (Wildman–Crippen LogP) is 3.85. The van der Waals surface area contributed by atoms with E-state index in [1.54, 1.807) is 13.4 Å². The largest absolute Gasteiger partial charge is 0.497 e. The summed E-state index contributed by atoms with van der Waals surface area (Å²) in [7, 11) is 2.86. The number of methoxy groups -OCH3 is 2. The van der Waals surface area contributed by atoms with Crippen molar-refractivity contribution in [3.63, 3.8) is 0 Å². The Hall–Kier alpha value is -1.27. The maximum atomic E-state index is 15.7. The highest BCUT2D eigenvalue weighted by atomic mass is 32.1. The number of rotatable bonds is 4. The molecule has 6 heteroatoms. The lowest BCUT2D eigenvalue weighted by Crippen LogP contribution is -2.43. The summed E-state index contributed by atoms with van der Waals surface area (Å²) < 4.78 is 25.7. The van der Waals surface area contributed by atoms with Crippen LogP contribution >= 0.6 is 12.6 Å². The first-order valence-corrected chi connectivity index (χ1v) is 10.1. The summed E-state index contributed by atoms with van der Waals surface area (Å²) >= 11 is 3.53. The summed E-state index contributed by atoms with van der Waals surface area (Å²) in [6, 6.07) is 7.71. The Kier molecular flexibility index (Phi) is 7.77. The van der Waals surface area contributed by atoms with Crippen LogP contribution in [0.25, 0.3) is 0 Å². The van der Waals surface area contributed by atoms with Gasteiger partial charge in [-0.15, -0.1) is 0 Å². The van der Waals surface area contributed by atoms with Crippen molar-refractivity contribution in [2.45, 2.75) is 49.7 Å². The Morgan fingerprint density at radius 1 is 1.15 bits per heavy atom. The molecule has 0 amide bonds. The molecule has 1 aromatic rings. The third-order valence-electron chi connectivity index (χ3n) is 5.54. The number of halogens is 1. The minimum Gasteiger partial charge on any atom is -0.497 e. The topological polar surface area (TPSA) is 38.8 Å². The van der Waals surface area contributed by atoms with Gasteiger partial charge in [-0.05, 0) is 36.8 Å². The number of alkyl halides is 1. The fourth-order valence-corrected chi connectivity index (χ4v) is 4.16. The number of carbonyl (C=O) groups excluding carboxylic acids is 1. The lowest BCUT2D eigenvalue weighted by atomic mass is 9.86. The van der Waals surface area contributed by atoms with Gasteiger partial charge in [0.1, 0.15) is 5.75 Å². The van der Waals surface area contributed by atoms with Gasteiger partial charge in [0, 0.05) is 25.0 Å². The second kappa shape index (κ2) is 9.60. The van der Waals surface area contributed by atoms with Crippen LogP contribution in [0, 0.1) is 0 Å². The number of carbonyl (C=O) groups is 1. The number of esters is 1. The molecule has 2 aliphatic rings. The predicted molar refractivity (Wildman–Crippen MR) is 105 cm³/mol. The molecule has 0 bridgehead atoms. The Balaban J connectivity index is 0.00000117. The van der Waals surface area contributed by atoms with Crippen LogP contribution in [0.1, 0.15) is 43.6 Å². The molecule has 0 spiro atoms. The van der Waals surface area contributed by atoms with E-state index in [2.05, 4.69) is 17.5 Å². The van der Waals surface area contributed by atoms with Crippen LogP contribution in [0.3, 0.4) is 0 Å². The zero-order chi connectivity index (χ0) is 19.2. The lowest BCUT2D eigenvalue weighted by Gasteiger charge is -2.31. The minimum atomic E-state index is -1.99. The van der Waals surface area contributed by atoms with Crippen LogP contribution in [-0.4, -0.2) is 56.1 Å². The maximum Gasteiger partial charge on any atom is 0.345 e. The van der Waals surface area contributed by atoms with Gasteiger partial charge < -0.3 is 9.47 Å². The Bertz CT molecular complexity index is 577. The van der Waals surface area contributed by atoms with Crippen LogP contribution in [0.15, 0.2) is 24.3 Å². The van der Waals surface area contributed by atoms with Crippen LogP contribution in [0.2, 0.25) is 0 Å². The Morgan fingerprint density at radius 2 is 1.77 bits per heavy atom. The van der Waals surface area contributed by atoms with Gasteiger partial charge in [0.15, 0.2) is 0 Å². The zero-order valence-corrected chi connectivity index (χ0v) is 16.8. The highest BCUT2D eigenvalue weighted by Crippen LogP contribution is 2.42. The molecule has 0 unspecified atom stereocenters. The van der Waals surface area contributed by atoms with E-state index in [1.807, 2.05) is 24.3 Å². The summed E-state index contributed by atoms with van der Waals surface area (Å²) in [4.78, 5) is 14.4. The first-order chi connectivity index (χ1) is 12.6. The molecule has 1 saturated carbocycles. The highest BCUT2D eigenvalue weighted by molar-refractivity contribution is 7.79. The number of hydrogen-bond acceptors (Lipinski definition) is 5. The number of thiol groups is 1. The van der Waals surface area contributed by atoms with Crippen LogP contribution in [-0.2, 0) is 9.53 Å². The SMILES string of the molecule is COC(=O)[C@]1(F)CN(C2CCCCC2)C[C@H]1c1ccc(OC)cc1.CS. The quantitative estimate of drug-likeness (QED) is 0.633. The molecule has 26 heavy (non-hydrogen) atoms. The summed E-state index contributed by atoms with van der Waals surface area (Å²) in [6.07, 6.45) is 7.50. The number of hydrogen-bond donors (Lipinski definition) is 1. The van der Waals surface area contributed by atoms with Crippen molar-refractivity contribution in [3.05, 3.63) is 29.8 Å². The van der Waals surface area contributed by atoms with Crippen molar-refractivity contribution >= 4 is 18.6 Å². The van der Waals surface area contributed by atoms with Gasteiger partial charge in [0.25, 0.3) is 0 Å². The molecule has 0 N–H and O–H groups in total. The fourth-order valence-electron chi connectivity index (χ4n) is 4.16. The summed E-state index contributed by atoms with van der Waals surface area (Å²) in [5.41, 5.74) is -1.16. The third kappa shape index (κ3) is 4.34. The molecule has 4 nitrogen and oxygen atoms in total. The van der Waals surface area contributed by atoms with Crippen molar-refractivity contribution in [2.24, 2.45) is 0 Å². The van der Waals surface area contributed by atoms with Gasteiger partial charge in [-0.3, -0.25) is 4.90 Å². The normalized spacial score (nSPS) is 26.7. The Morgan fingerprint density at radius 3 is 2.31 bits per heavy atom. The standard InChI is InChI=1S/C19H26FNO3.CH4S/c1-23-16-10-8-14(9-11-16)17-12-21(15-6-4-3-5-7-15)13-19(17,20)18(22)24-2;1-2/h8-11,15,17H,3-7,12-13H2,1-2H3;2H,1H3/t17-,19-;/m0./s1. The van der Waals surface area contributed by atoms with Crippen LogP contribution < -0.4 is 4.74 Å². The zero-order valence-electron chi connectivity index (χ0n) is 15.9. The van der Waals surface area contributed by atoms with E-state index in [-0.39, 0.29) is 6.54 Å². The van der Waals surface area contributed by atoms with Gasteiger partial charge in [0.2, 0.25) is 5.67 Å². The van der Waals surface area contributed by atoms with Gasteiger partial charge in [0.05, 0.1) is 14.2 Å². The van der Waals surface area contributed by atoms with E-state index in [0.29, 0.717) is 12.6 Å². The van der Waals surface area contributed by atoms with Crippen molar-refractivity contribution in [3.8, 4) is 5.75 Å². The van der Waals surface area contributed by atoms with Crippen molar-refractivity contribution in [1.82, 2.24) is 4.90 Å². The molecule has 0 radical (unpaired) electrons. The number of likely N-dealkylation sites (tertiary alicyclic amines) is 1. The smallest absolute Gasteiger partial charge is 0.345 e. The average molecular weight is 384 g/mol. The monoisotopic (exact) mass is 383 g/mol.